The highest BCUT2D eigenvalue weighted by molar-refractivity contribution is 5.85. The number of nitrogens with one attached hydrogen (secondary N) is 2. The SMILES string of the molecule is CCOCCNC(=NCC(=O)N(C)C)NC1CCOc2ccccc21. The Morgan fingerprint density at radius 1 is 1.40 bits per heavy atom. The minimum Gasteiger partial charge on any atom is -0.493 e. The van der Waals surface area contributed by atoms with Crippen LogP contribution < -0.4 is 15.4 Å². The molecular formula is C18H28N4O3. The van der Waals surface area contributed by atoms with Gasteiger partial charge in [0.15, 0.2) is 5.96 Å². The predicted molar refractivity (Wildman–Crippen MR) is 97.9 cm³/mol. The van der Waals surface area contributed by atoms with E-state index in [1.54, 1.807) is 14.1 Å². The maximum absolute atomic E-state index is 11.8. The van der Waals surface area contributed by atoms with E-state index >= 15 is 0 Å². The molecule has 1 aliphatic rings. The number of hydrogen-bond donors (Lipinski definition) is 2. The third-order valence-electron chi connectivity index (χ3n) is 3.88. The molecule has 1 aromatic rings. The highest BCUT2D eigenvalue weighted by Gasteiger charge is 2.22. The summed E-state index contributed by atoms with van der Waals surface area (Å²) < 4.78 is 11.1. The quantitative estimate of drug-likeness (QED) is 0.440. The van der Waals surface area contributed by atoms with Crippen molar-refractivity contribution < 1.29 is 14.3 Å². The molecule has 1 aliphatic heterocycles. The summed E-state index contributed by atoms with van der Waals surface area (Å²) in [5.41, 5.74) is 1.10. The van der Waals surface area contributed by atoms with Crippen molar-refractivity contribution in [2.45, 2.75) is 19.4 Å². The van der Waals surface area contributed by atoms with Crippen molar-refractivity contribution in [2.75, 3.05) is 47.0 Å². The number of rotatable bonds is 7. The summed E-state index contributed by atoms with van der Waals surface area (Å²) in [5.74, 6) is 1.46. The lowest BCUT2D eigenvalue weighted by Gasteiger charge is -2.28. The van der Waals surface area contributed by atoms with Crippen LogP contribution in [0.25, 0.3) is 0 Å². The maximum Gasteiger partial charge on any atom is 0.243 e. The largest absolute Gasteiger partial charge is 0.493 e. The van der Waals surface area contributed by atoms with Gasteiger partial charge in [-0.05, 0) is 13.0 Å². The average molecular weight is 348 g/mol. The molecule has 0 saturated heterocycles. The highest BCUT2D eigenvalue weighted by atomic mass is 16.5. The molecule has 7 nitrogen and oxygen atoms in total. The number of carbonyl (C=O) groups excluding carboxylic acids is 1. The van der Waals surface area contributed by atoms with Crippen molar-refractivity contribution in [1.82, 2.24) is 15.5 Å². The van der Waals surface area contributed by atoms with E-state index in [-0.39, 0.29) is 18.5 Å². The zero-order valence-electron chi connectivity index (χ0n) is 15.2. The summed E-state index contributed by atoms with van der Waals surface area (Å²) in [4.78, 5) is 17.8. The molecule has 0 spiro atoms. The van der Waals surface area contributed by atoms with Crippen LogP contribution in [0.3, 0.4) is 0 Å². The third-order valence-corrected chi connectivity index (χ3v) is 3.88. The van der Waals surface area contributed by atoms with Crippen molar-refractivity contribution in [3.8, 4) is 5.75 Å². The third kappa shape index (κ3) is 5.94. The van der Waals surface area contributed by atoms with Gasteiger partial charge in [0, 0.05) is 39.2 Å². The summed E-state index contributed by atoms with van der Waals surface area (Å²) in [6.45, 7) is 4.60. The zero-order chi connectivity index (χ0) is 18.1. The number of ether oxygens (including phenoxy) is 2. The van der Waals surface area contributed by atoms with E-state index in [4.69, 9.17) is 9.47 Å². The van der Waals surface area contributed by atoms with Crippen LogP contribution >= 0.6 is 0 Å². The molecule has 1 atom stereocenters. The topological polar surface area (TPSA) is 75.2 Å². The van der Waals surface area contributed by atoms with Gasteiger partial charge >= 0.3 is 0 Å². The Balaban J connectivity index is 2.04. The Morgan fingerprint density at radius 2 is 2.20 bits per heavy atom. The molecule has 1 aromatic carbocycles. The molecule has 0 bridgehead atoms. The first kappa shape index (κ1) is 19.1. The molecule has 1 heterocycles. The first-order valence-corrected chi connectivity index (χ1v) is 8.66. The number of hydrogen-bond acceptors (Lipinski definition) is 4. The fourth-order valence-electron chi connectivity index (χ4n) is 2.48. The Hall–Kier alpha value is -2.28. The van der Waals surface area contributed by atoms with Crippen molar-refractivity contribution in [3.63, 3.8) is 0 Å². The number of aliphatic imine (C=N–C) groups is 1. The molecule has 1 unspecified atom stereocenters. The Morgan fingerprint density at radius 3 is 2.96 bits per heavy atom. The Kier molecular flexibility index (Phi) is 7.53. The number of fused-ring (bicyclic) bond motifs is 1. The van der Waals surface area contributed by atoms with Gasteiger partial charge < -0.3 is 25.0 Å². The molecule has 25 heavy (non-hydrogen) atoms. The molecule has 7 heteroatoms. The first-order valence-electron chi connectivity index (χ1n) is 8.66. The van der Waals surface area contributed by atoms with Crippen LogP contribution in [0.15, 0.2) is 29.3 Å². The molecule has 138 valence electrons. The van der Waals surface area contributed by atoms with Crippen LogP contribution in [-0.2, 0) is 9.53 Å². The first-order chi connectivity index (χ1) is 12.1. The number of carbonyl (C=O) groups is 1. The number of amides is 1. The van der Waals surface area contributed by atoms with Crippen LogP contribution in [0.2, 0.25) is 0 Å². The number of guanidine groups is 1. The Labute approximate surface area is 149 Å². The molecule has 0 aliphatic carbocycles. The lowest BCUT2D eigenvalue weighted by atomic mass is 10.0. The zero-order valence-corrected chi connectivity index (χ0v) is 15.2. The number of benzene rings is 1. The van der Waals surface area contributed by atoms with Crippen LogP contribution in [0.4, 0.5) is 0 Å². The molecule has 0 saturated carbocycles. The minimum atomic E-state index is -0.0433. The number of nitrogens with zero attached hydrogens (tertiary/aromatic N) is 2. The monoisotopic (exact) mass is 348 g/mol. The predicted octanol–water partition coefficient (Wildman–Crippen LogP) is 1.17. The molecule has 2 N–H and O–H groups in total. The van der Waals surface area contributed by atoms with E-state index in [1.807, 2.05) is 25.1 Å². The van der Waals surface area contributed by atoms with Gasteiger partial charge in [-0.1, -0.05) is 18.2 Å². The van der Waals surface area contributed by atoms with Crippen molar-refractivity contribution in [2.24, 2.45) is 4.99 Å². The maximum atomic E-state index is 11.8. The van der Waals surface area contributed by atoms with Gasteiger partial charge in [-0.25, -0.2) is 4.99 Å². The van der Waals surface area contributed by atoms with E-state index < -0.39 is 0 Å². The van der Waals surface area contributed by atoms with Crippen molar-refractivity contribution in [3.05, 3.63) is 29.8 Å². The van der Waals surface area contributed by atoms with E-state index in [9.17, 15) is 4.79 Å². The summed E-state index contributed by atoms with van der Waals surface area (Å²) in [5, 5.41) is 6.65. The molecule has 0 radical (unpaired) electrons. The lowest BCUT2D eigenvalue weighted by Crippen LogP contribution is -2.43. The van der Waals surface area contributed by atoms with Crippen LogP contribution in [0.1, 0.15) is 24.9 Å². The van der Waals surface area contributed by atoms with E-state index in [2.05, 4.69) is 21.7 Å². The van der Waals surface area contributed by atoms with Crippen LogP contribution in [-0.4, -0.2) is 63.8 Å². The summed E-state index contributed by atoms with van der Waals surface area (Å²) in [6, 6.07) is 8.08. The van der Waals surface area contributed by atoms with E-state index in [1.165, 1.54) is 4.90 Å². The van der Waals surface area contributed by atoms with Crippen LogP contribution in [0, 0.1) is 0 Å². The molecular weight excluding hydrogens is 320 g/mol. The van der Waals surface area contributed by atoms with E-state index in [0.717, 1.165) is 17.7 Å². The molecule has 0 fully saturated rings. The summed E-state index contributed by atoms with van der Waals surface area (Å²) in [6.07, 6.45) is 0.838. The fraction of sp³-hybridized carbons (Fsp3) is 0.556. The van der Waals surface area contributed by atoms with Crippen LogP contribution in [0.5, 0.6) is 5.75 Å². The average Bonchev–Trinajstić information content (AvgIpc) is 2.62. The van der Waals surface area contributed by atoms with Crippen molar-refractivity contribution in [1.29, 1.82) is 0 Å². The van der Waals surface area contributed by atoms with Gasteiger partial charge in [0.05, 0.1) is 19.3 Å². The number of likely N-dealkylation sites (N-methyl/N-ethyl adjacent to an activating group) is 1. The molecule has 0 aromatic heterocycles. The summed E-state index contributed by atoms with van der Waals surface area (Å²) >= 11 is 0. The lowest BCUT2D eigenvalue weighted by molar-refractivity contribution is -0.127. The second-order valence-corrected chi connectivity index (χ2v) is 5.95. The Bertz CT molecular complexity index is 589. The smallest absolute Gasteiger partial charge is 0.243 e. The van der Waals surface area contributed by atoms with Gasteiger partial charge in [0.2, 0.25) is 5.91 Å². The number of para-hydroxylation sites is 1. The highest BCUT2D eigenvalue weighted by Crippen LogP contribution is 2.31. The molecule has 1 amide bonds. The second-order valence-electron chi connectivity index (χ2n) is 5.95. The van der Waals surface area contributed by atoms with Gasteiger partial charge in [-0.2, -0.15) is 0 Å². The second kappa shape index (κ2) is 9.88. The fourth-order valence-corrected chi connectivity index (χ4v) is 2.48. The minimum absolute atomic E-state index is 0.0433. The van der Waals surface area contributed by atoms with E-state index in [0.29, 0.717) is 32.3 Å². The van der Waals surface area contributed by atoms with Crippen molar-refractivity contribution >= 4 is 11.9 Å². The molecule has 2 rings (SSSR count). The normalized spacial score (nSPS) is 16.6. The standard InChI is InChI=1S/C18H28N4O3/c1-4-24-12-10-19-18(20-13-17(23)22(2)3)21-15-9-11-25-16-8-6-5-7-14(15)16/h5-8,15H,4,9-13H2,1-3H3,(H2,19,20,21). The van der Waals surface area contributed by atoms with Gasteiger partial charge in [0.25, 0.3) is 0 Å². The summed E-state index contributed by atoms with van der Waals surface area (Å²) in [7, 11) is 3.45. The van der Waals surface area contributed by atoms with Gasteiger partial charge in [-0.3, -0.25) is 4.79 Å². The van der Waals surface area contributed by atoms with Gasteiger partial charge in [-0.15, -0.1) is 0 Å². The van der Waals surface area contributed by atoms with Gasteiger partial charge in [0.1, 0.15) is 12.3 Å².